The first kappa shape index (κ1) is 14.3. The van der Waals surface area contributed by atoms with Crippen molar-refractivity contribution in [3.63, 3.8) is 0 Å². The van der Waals surface area contributed by atoms with Gasteiger partial charge in [0.1, 0.15) is 17.5 Å². The molecule has 6 heteroatoms. The van der Waals surface area contributed by atoms with Crippen LogP contribution in [-0.4, -0.2) is 19.6 Å². The fraction of sp³-hybridized carbons (Fsp3) is 0.417. The van der Waals surface area contributed by atoms with Crippen LogP contribution in [0.1, 0.15) is 24.8 Å². The van der Waals surface area contributed by atoms with Crippen LogP contribution in [0.25, 0.3) is 0 Å². The van der Waals surface area contributed by atoms with Crippen molar-refractivity contribution < 1.29 is 18.0 Å². The number of rotatable bonds is 4. The normalized spacial score (nSPS) is 12.1. The SMILES string of the molecule is CNC(=O)NCC[C@@H](C)c1c(F)cc(F)cc1F. The Morgan fingerprint density at radius 2 is 1.83 bits per heavy atom. The molecule has 1 aromatic rings. The summed E-state index contributed by atoms with van der Waals surface area (Å²) < 4.78 is 39.6. The molecule has 18 heavy (non-hydrogen) atoms. The summed E-state index contributed by atoms with van der Waals surface area (Å²) in [6.45, 7) is 1.89. The molecule has 0 radical (unpaired) electrons. The van der Waals surface area contributed by atoms with Gasteiger partial charge in [-0.2, -0.15) is 0 Å². The molecule has 1 rings (SSSR count). The van der Waals surface area contributed by atoms with E-state index < -0.39 is 23.4 Å². The van der Waals surface area contributed by atoms with Crippen LogP contribution in [-0.2, 0) is 0 Å². The molecule has 0 bridgehead atoms. The molecule has 0 fully saturated rings. The maximum absolute atomic E-state index is 13.4. The van der Waals surface area contributed by atoms with Crippen LogP contribution in [0.4, 0.5) is 18.0 Å². The summed E-state index contributed by atoms with van der Waals surface area (Å²) in [7, 11) is 1.47. The lowest BCUT2D eigenvalue weighted by atomic mass is 9.96. The molecule has 100 valence electrons. The number of halogens is 3. The third-order valence-electron chi connectivity index (χ3n) is 2.63. The lowest BCUT2D eigenvalue weighted by Gasteiger charge is -2.14. The van der Waals surface area contributed by atoms with Gasteiger partial charge in [0.25, 0.3) is 0 Å². The van der Waals surface area contributed by atoms with E-state index in [1.165, 1.54) is 7.05 Å². The third-order valence-corrected chi connectivity index (χ3v) is 2.63. The Bertz CT molecular complexity index is 414. The van der Waals surface area contributed by atoms with Gasteiger partial charge < -0.3 is 10.6 Å². The third kappa shape index (κ3) is 3.65. The number of benzene rings is 1. The van der Waals surface area contributed by atoms with Crippen molar-refractivity contribution in [3.8, 4) is 0 Å². The van der Waals surface area contributed by atoms with Gasteiger partial charge in [-0.05, 0) is 12.3 Å². The van der Waals surface area contributed by atoms with E-state index in [9.17, 15) is 18.0 Å². The number of carbonyl (C=O) groups excluding carboxylic acids is 1. The first-order valence-electron chi connectivity index (χ1n) is 5.55. The molecule has 0 saturated carbocycles. The molecule has 1 aromatic carbocycles. The Kier molecular flexibility index (Phi) is 5.00. The molecule has 0 spiro atoms. The Hall–Kier alpha value is -1.72. The lowest BCUT2D eigenvalue weighted by Crippen LogP contribution is -2.33. The number of hydrogen-bond acceptors (Lipinski definition) is 1. The Balaban J connectivity index is 2.67. The maximum atomic E-state index is 13.4. The average molecular weight is 260 g/mol. The molecule has 1 atom stereocenters. The van der Waals surface area contributed by atoms with Gasteiger partial charge in [-0.3, -0.25) is 0 Å². The number of hydrogen-bond donors (Lipinski definition) is 2. The first-order valence-corrected chi connectivity index (χ1v) is 5.55. The largest absolute Gasteiger partial charge is 0.341 e. The smallest absolute Gasteiger partial charge is 0.314 e. The molecule has 0 aliphatic carbocycles. The summed E-state index contributed by atoms with van der Waals surface area (Å²) in [5.41, 5.74) is -0.157. The van der Waals surface area contributed by atoms with Crippen LogP contribution in [0.2, 0.25) is 0 Å². The average Bonchev–Trinajstić information content (AvgIpc) is 2.27. The van der Waals surface area contributed by atoms with Crippen LogP contribution in [0.15, 0.2) is 12.1 Å². The van der Waals surface area contributed by atoms with E-state index >= 15 is 0 Å². The predicted molar refractivity (Wildman–Crippen MR) is 61.8 cm³/mol. The van der Waals surface area contributed by atoms with Crippen LogP contribution in [0.3, 0.4) is 0 Å². The summed E-state index contributed by atoms with van der Waals surface area (Å²) in [6.07, 6.45) is 0.354. The number of carbonyl (C=O) groups is 1. The van der Waals surface area contributed by atoms with Gasteiger partial charge in [-0.25, -0.2) is 18.0 Å². The van der Waals surface area contributed by atoms with Gasteiger partial charge in [0.2, 0.25) is 0 Å². The zero-order valence-corrected chi connectivity index (χ0v) is 10.2. The molecule has 2 amide bonds. The minimum Gasteiger partial charge on any atom is -0.341 e. The van der Waals surface area contributed by atoms with E-state index in [0.717, 1.165) is 0 Å². The van der Waals surface area contributed by atoms with Crippen molar-refractivity contribution in [1.29, 1.82) is 0 Å². The van der Waals surface area contributed by atoms with Crippen molar-refractivity contribution in [2.24, 2.45) is 0 Å². The highest BCUT2D eigenvalue weighted by Crippen LogP contribution is 2.25. The minimum atomic E-state index is -0.940. The van der Waals surface area contributed by atoms with Gasteiger partial charge in [0, 0.05) is 31.3 Å². The summed E-state index contributed by atoms with van der Waals surface area (Å²) >= 11 is 0. The quantitative estimate of drug-likeness (QED) is 0.858. The zero-order valence-electron chi connectivity index (χ0n) is 10.2. The maximum Gasteiger partial charge on any atom is 0.314 e. The van der Waals surface area contributed by atoms with E-state index in [0.29, 0.717) is 18.6 Å². The fourth-order valence-electron chi connectivity index (χ4n) is 1.66. The van der Waals surface area contributed by atoms with E-state index in [1.54, 1.807) is 6.92 Å². The highest BCUT2D eigenvalue weighted by Gasteiger charge is 2.17. The lowest BCUT2D eigenvalue weighted by molar-refractivity contribution is 0.242. The number of urea groups is 1. The van der Waals surface area contributed by atoms with Gasteiger partial charge in [0.05, 0.1) is 0 Å². The van der Waals surface area contributed by atoms with Gasteiger partial charge in [0.15, 0.2) is 0 Å². The van der Waals surface area contributed by atoms with Crippen molar-refractivity contribution in [2.75, 3.05) is 13.6 Å². The van der Waals surface area contributed by atoms with Crippen LogP contribution in [0, 0.1) is 17.5 Å². The zero-order chi connectivity index (χ0) is 13.7. The molecular weight excluding hydrogens is 245 g/mol. The second kappa shape index (κ2) is 6.28. The molecule has 3 nitrogen and oxygen atoms in total. The topological polar surface area (TPSA) is 41.1 Å². The van der Waals surface area contributed by atoms with Crippen LogP contribution in [0.5, 0.6) is 0 Å². The molecule has 0 aromatic heterocycles. The van der Waals surface area contributed by atoms with Gasteiger partial charge in [-0.15, -0.1) is 0 Å². The number of amides is 2. The second-order valence-corrected chi connectivity index (χ2v) is 3.98. The van der Waals surface area contributed by atoms with E-state index in [4.69, 9.17) is 0 Å². The Labute approximate surface area is 103 Å². The molecule has 0 aliphatic heterocycles. The number of nitrogens with one attached hydrogen (secondary N) is 2. The van der Waals surface area contributed by atoms with E-state index in [2.05, 4.69) is 10.6 Å². The van der Waals surface area contributed by atoms with Crippen LogP contribution < -0.4 is 10.6 Å². The first-order chi connectivity index (χ1) is 8.45. The Morgan fingerprint density at radius 3 is 2.33 bits per heavy atom. The fourth-order valence-corrected chi connectivity index (χ4v) is 1.66. The van der Waals surface area contributed by atoms with Crippen molar-refractivity contribution in [2.45, 2.75) is 19.3 Å². The summed E-state index contributed by atoms with van der Waals surface area (Å²) in [6, 6.07) is 0.949. The predicted octanol–water partition coefficient (Wildman–Crippen LogP) is 2.53. The Morgan fingerprint density at radius 1 is 1.28 bits per heavy atom. The molecule has 0 saturated heterocycles. The minimum absolute atomic E-state index is 0.157. The molecular formula is C12H15F3N2O. The molecule has 0 heterocycles. The van der Waals surface area contributed by atoms with Crippen molar-refractivity contribution in [3.05, 3.63) is 35.1 Å². The highest BCUT2D eigenvalue weighted by molar-refractivity contribution is 5.73. The van der Waals surface area contributed by atoms with Crippen molar-refractivity contribution >= 4 is 6.03 Å². The summed E-state index contributed by atoms with van der Waals surface area (Å²) in [5.74, 6) is -3.20. The molecule has 0 aliphatic rings. The van der Waals surface area contributed by atoms with Gasteiger partial charge >= 0.3 is 6.03 Å². The van der Waals surface area contributed by atoms with Gasteiger partial charge in [-0.1, -0.05) is 6.92 Å². The summed E-state index contributed by atoms with van der Waals surface area (Å²) in [5, 5.41) is 4.88. The van der Waals surface area contributed by atoms with Crippen molar-refractivity contribution in [1.82, 2.24) is 10.6 Å². The standard InChI is InChI=1S/C12H15F3N2O/c1-7(3-4-17-12(18)16-2)11-9(14)5-8(13)6-10(11)15/h5-7H,3-4H2,1-2H3,(H2,16,17,18)/t7-/m1/s1. The highest BCUT2D eigenvalue weighted by atomic mass is 19.1. The monoisotopic (exact) mass is 260 g/mol. The second-order valence-electron chi connectivity index (χ2n) is 3.98. The molecule has 0 unspecified atom stereocenters. The molecule has 2 N–H and O–H groups in total. The van der Waals surface area contributed by atoms with E-state index in [-0.39, 0.29) is 18.1 Å². The summed E-state index contributed by atoms with van der Waals surface area (Å²) in [4.78, 5) is 10.9. The van der Waals surface area contributed by atoms with E-state index in [1.807, 2.05) is 0 Å². The van der Waals surface area contributed by atoms with Crippen LogP contribution >= 0.6 is 0 Å².